The zero-order valence-corrected chi connectivity index (χ0v) is 10.9. The Labute approximate surface area is 109 Å². The number of piperidine rings is 1. The first-order valence-electron chi connectivity index (χ1n) is 5.91. The summed E-state index contributed by atoms with van der Waals surface area (Å²) in [6.07, 6.45) is -3.24. The molecule has 8 heteroatoms. The first kappa shape index (κ1) is 13.8. The quantitative estimate of drug-likeness (QED) is 0.726. The smallest absolute Gasteiger partial charge is 0.410 e. The molecule has 0 aromatic heterocycles. The number of nitrogens with zero attached hydrogens (tertiary/aromatic N) is 1. The van der Waals surface area contributed by atoms with Crippen molar-refractivity contribution in [3.8, 4) is 0 Å². The maximum atomic E-state index is 13.8. The molecule has 0 aromatic rings. The topological polar surface area (TPSA) is 67.9 Å². The van der Waals surface area contributed by atoms with Gasteiger partial charge in [-0.05, 0) is 20.8 Å². The molecule has 0 aliphatic carbocycles. The lowest BCUT2D eigenvalue weighted by Crippen LogP contribution is -2.61. The van der Waals surface area contributed by atoms with Gasteiger partial charge in [-0.15, -0.1) is 0 Å². The summed E-state index contributed by atoms with van der Waals surface area (Å²) in [5, 5.41) is 2.27. The molecule has 2 rings (SSSR count). The van der Waals surface area contributed by atoms with Crippen LogP contribution in [0.1, 0.15) is 20.8 Å². The minimum atomic E-state index is -3.29. The van der Waals surface area contributed by atoms with Crippen LogP contribution in [-0.2, 0) is 9.47 Å². The number of ether oxygens (including phenoxy) is 2. The number of carbonyl (C=O) groups is 2. The summed E-state index contributed by atoms with van der Waals surface area (Å²) >= 11 is 0. The Morgan fingerprint density at radius 2 is 2.16 bits per heavy atom. The molecule has 2 saturated heterocycles. The Bertz CT molecular complexity index is 408. The van der Waals surface area contributed by atoms with E-state index in [-0.39, 0.29) is 6.54 Å². The van der Waals surface area contributed by atoms with Crippen LogP contribution in [0.2, 0.25) is 0 Å². The van der Waals surface area contributed by atoms with E-state index in [0.717, 1.165) is 4.90 Å². The summed E-state index contributed by atoms with van der Waals surface area (Å²) < 4.78 is 37.2. The second-order valence-corrected chi connectivity index (χ2v) is 5.70. The van der Waals surface area contributed by atoms with Crippen LogP contribution in [0.25, 0.3) is 0 Å². The Hall–Kier alpha value is -1.60. The molecule has 2 aliphatic heterocycles. The van der Waals surface area contributed by atoms with Crippen LogP contribution in [0.15, 0.2) is 0 Å². The number of carbonyl (C=O) groups excluding carboxylic acids is 2. The summed E-state index contributed by atoms with van der Waals surface area (Å²) in [6.45, 7) is 4.07. The van der Waals surface area contributed by atoms with Crippen molar-refractivity contribution in [3.63, 3.8) is 0 Å². The normalized spacial score (nSPS) is 29.3. The van der Waals surface area contributed by atoms with E-state index < -0.39 is 42.4 Å². The molecule has 2 aliphatic rings. The van der Waals surface area contributed by atoms with Gasteiger partial charge >= 0.3 is 18.1 Å². The van der Waals surface area contributed by atoms with E-state index in [1.807, 2.05) is 0 Å². The van der Waals surface area contributed by atoms with Gasteiger partial charge in [-0.3, -0.25) is 4.90 Å². The van der Waals surface area contributed by atoms with Gasteiger partial charge in [-0.25, -0.2) is 18.4 Å². The van der Waals surface area contributed by atoms with Crippen LogP contribution in [0.5, 0.6) is 0 Å². The third-order valence-corrected chi connectivity index (χ3v) is 2.79. The summed E-state index contributed by atoms with van der Waals surface area (Å²) in [5.41, 5.74) is -0.765. The van der Waals surface area contributed by atoms with Crippen LogP contribution in [-0.4, -0.2) is 53.8 Å². The molecule has 19 heavy (non-hydrogen) atoms. The zero-order chi connectivity index (χ0) is 14.4. The van der Waals surface area contributed by atoms with Gasteiger partial charge in [0.15, 0.2) is 6.10 Å². The largest absolute Gasteiger partial charge is 0.444 e. The molecular formula is C11H16F2N2O4. The zero-order valence-electron chi connectivity index (χ0n) is 10.9. The third kappa shape index (κ3) is 2.87. The lowest BCUT2D eigenvalue weighted by atomic mass is 10.00. The minimum absolute atomic E-state index is 0.0547. The predicted molar refractivity (Wildman–Crippen MR) is 59.9 cm³/mol. The molecule has 0 aromatic carbocycles. The van der Waals surface area contributed by atoms with Crippen molar-refractivity contribution < 1.29 is 27.8 Å². The van der Waals surface area contributed by atoms with Crippen molar-refractivity contribution in [1.29, 1.82) is 0 Å². The lowest BCUT2D eigenvalue weighted by Gasteiger charge is -2.38. The molecule has 0 radical (unpaired) electrons. The van der Waals surface area contributed by atoms with Crippen molar-refractivity contribution >= 4 is 12.2 Å². The van der Waals surface area contributed by atoms with Crippen LogP contribution >= 0.6 is 0 Å². The molecule has 108 valence electrons. The van der Waals surface area contributed by atoms with Gasteiger partial charge in [0, 0.05) is 6.54 Å². The van der Waals surface area contributed by atoms with Gasteiger partial charge in [0.2, 0.25) is 0 Å². The van der Waals surface area contributed by atoms with Crippen LogP contribution in [0, 0.1) is 0 Å². The molecular weight excluding hydrogens is 262 g/mol. The maximum Gasteiger partial charge on any atom is 0.410 e. The van der Waals surface area contributed by atoms with E-state index in [9.17, 15) is 18.4 Å². The maximum absolute atomic E-state index is 13.8. The Kier molecular flexibility index (Phi) is 3.06. The van der Waals surface area contributed by atoms with Gasteiger partial charge in [0.05, 0.1) is 12.6 Å². The average molecular weight is 278 g/mol. The first-order chi connectivity index (χ1) is 8.58. The summed E-state index contributed by atoms with van der Waals surface area (Å²) in [5.74, 6) is -3.29. The second kappa shape index (κ2) is 4.21. The van der Waals surface area contributed by atoms with Gasteiger partial charge in [-0.1, -0.05) is 0 Å². The van der Waals surface area contributed by atoms with Crippen LogP contribution in [0.4, 0.5) is 18.4 Å². The van der Waals surface area contributed by atoms with E-state index >= 15 is 0 Å². The highest BCUT2D eigenvalue weighted by Gasteiger charge is 2.57. The highest BCUT2D eigenvalue weighted by molar-refractivity contribution is 5.72. The molecule has 0 unspecified atom stereocenters. The number of alkyl halides is 2. The molecule has 0 bridgehead atoms. The molecule has 2 heterocycles. The molecule has 0 saturated carbocycles. The third-order valence-electron chi connectivity index (χ3n) is 2.79. The van der Waals surface area contributed by atoms with Crippen molar-refractivity contribution in [2.45, 2.75) is 44.4 Å². The van der Waals surface area contributed by atoms with Crippen molar-refractivity contribution in [2.75, 3.05) is 13.1 Å². The first-order valence-corrected chi connectivity index (χ1v) is 5.91. The summed E-state index contributed by atoms with van der Waals surface area (Å²) in [6, 6.07) is -0.913. The number of likely N-dealkylation sites (tertiary alicyclic amines) is 1. The molecule has 2 amide bonds. The van der Waals surface area contributed by atoms with E-state index in [4.69, 9.17) is 4.74 Å². The fraction of sp³-hybridized carbons (Fsp3) is 0.818. The van der Waals surface area contributed by atoms with Gasteiger partial charge in [-0.2, -0.15) is 0 Å². The van der Waals surface area contributed by atoms with Gasteiger partial charge in [0.25, 0.3) is 0 Å². The van der Waals surface area contributed by atoms with Gasteiger partial charge < -0.3 is 14.8 Å². The van der Waals surface area contributed by atoms with Gasteiger partial charge in [0.1, 0.15) is 5.60 Å². The van der Waals surface area contributed by atoms with Crippen molar-refractivity contribution in [3.05, 3.63) is 0 Å². The number of hydrogen-bond acceptors (Lipinski definition) is 4. The Balaban J connectivity index is 2.09. The molecule has 2 fully saturated rings. The Morgan fingerprint density at radius 3 is 2.74 bits per heavy atom. The highest BCUT2D eigenvalue weighted by Crippen LogP contribution is 2.33. The number of fused-ring (bicyclic) bond motifs is 1. The minimum Gasteiger partial charge on any atom is -0.444 e. The van der Waals surface area contributed by atoms with E-state index in [1.165, 1.54) is 0 Å². The number of halogens is 2. The van der Waals surface area contributed by atoms with Crippen molar-refractivity contribution in [1.82, 2.24) is 10.2 Å². The number of nitrogens with one attached hydrogen (secondary N) is 1. The van der Waals surface area contributed by atoms with Crippen molar-refractivity contribution in [2.24, 2.45) is 0 Å². The van der Waals surface area contributed by atoms with Crippen LogP contribution < -0.4 is 5.32 Å². The number of amides is 2. The number of rotatable bonds is 0. The lowest BCUT2D eigenvalue weighted by molar-refractivity contribution is -0.141. The fourth-order valence-corrected chi connectivity index (χ4v) is 2.09. The molecule has 0 spiro atoms. The Morgan fingerprint density at radius 1 is 1.53 bits per heavy atom. The fourth-order valence-electron chi connectivity index (χ4n) is 2.09. The standard InChI is InChI=1S/C11H16F2N2O4/c1-10(2,3)19-9(17)15-4-6-7(11(12,13)5-15)18-8(16)14-6/h6-7H,4-5H2,1-3H3,(H,14,16)/t6-,7-/m0/s1. The second-order valence-electron chi connectivity index (χ2n) is 5.70. The van der Waals surface area contributed by atoms with E-state index in [1.54, 1.807) is 20.8 Å². The van der Waals surface area contributed by atoms with Crippen LogP contribution in [0.3, 0.4) is 0 Å². The summed E-state index contributed by atoms with van der Waals surface area (Å²) in [7, 11) is 0. The highest BCUT2D eigenvalue weighted by atomic mass is 19.3. The monoisotopic (exact) mass is 278 g/mol. The molecule has 2 atom stereocenters. The van der Waals surface area contributed by atoms with E-state index in [0.29, 0.717) is 0 Å². The average Bonchev–Trinajstić information content (AvgIpc) is 2.56. The molecule has 1 N–H and O–H groups in total. The predicted octanol–water partition coefficient (Wildman–Crippen LogP) is 1.35. The SMILES string of the molecule is CC(C)(C)OC(=O)N1C[C@@H]2NC(=O)O[C@@H]2C(F)(F)C1. The summed E-state index contributed by atoms with van der Waals surface area (Å²) in [4.78, 5) is 23.7. The van der Waals surface area contributed by atoms with E-state index in [2.05, 4.69) is 10.1 Å². The number of alkyl carbamates (subject to hydrolysis) is 1. The molecule has 6 nitrogen and oxygen atoms in total. The number of hydrogen-bond donors (Lipinski definition) is 1.